The molecule has 0 atom stereocenters. The van der Waals surface area contributed by atoms with Crippen molar-refractivity contribution in [3.63, 3.8) is 0 Å². The summed E-state index contributed by atoms with van der Waals surface area (Å²) >= 11 is 1.81. The van der Waals surface area contributed by atoms with Crippen LogP contribution in [0.1, 0.15) is 0 Å². The predicted molar refractivity (Wildman–Crippen MR) is 220 cm³/mol. The van der Waals surface area contributed by atoms with Gasteiger partial charge in [0.1, 0.15) is 22.7 Å². The Labute approximate surface area is 306 Å². The number of pyridine rings is 1. The molecule has 12 rings (SSSR count). The van der Waals surface area contributed by atoms with Crippen LogP contribution in [0.15, 0.2) is 168 Å². The van der Waals surface area contributed by atoms with Crippen LogP contribution in [0.5, 0.6) is 11.5 Å². The van der Waals surface area contributed by atoms with E-state index in [4.69, 9.17) is 9.15 Å². The fraction of sp³-hybridized carbons (Fsp3) is 0. The summed E-state index contributed by atoms with van der Waals surface area (Å²) in [5.41, 5.74) is 8.38. The van der Waals surface area contributed by atoms with Gasteiger partial charge in [-0.1, -0.05) is 66.7 Å². The number of thiophene rings is 1. The first-order chi connectivity index (χ1) is 26.3. The van der Waals surface area contributed by atoms with Gasteiger partial charge in [-0.3, -0.25) is 4.98 Å². The molecular weight excluding hydrogens is 671 g/mol. The Morgan fingerprint density at radius 1 is 0.453 bits per heavy atom. The highest BCUT2D eigenvalue weighted by atomic mass is 32.1. The minimum absolute atomic E-state index is 0.815. The molecule has 0 fully saturated rings. The van der Waals surface area contributed by atoms with Gasteiger partial charge in [-0.15, -0.1) is 11.3 Å². The average molecular weight is 698 g/mol. The Bertz CT molecular complexity index is 3220. The van der Waals surface area contributed by atoms with Crippen molar-refractivity contribution in [1.82, 2.24) is 14.1 Å². The molecule has 0 bridgehead atoms. The summed E-state index contributed by atoms with van der Waals surface area (Å²) in [5.74, 6) is 1.63. The molecule has 0 saturated heterocycles. The molecule has 53 heavy (non-hydrogen) atoms. The molecule has 0 unspecified atom stereocenters. The summed E-state index contributed by atoms with van der Waals surface area (Å²) in [5, 5.41) is 9.05. The predicted octanol–water partition coefficient (Wildman–Crippen LogP) is 13.3. The van der Waals surface area contributed by atoms with Crippen LogP contribution in [0.2, 0.25) is 0 Å². The molecule has 0 N–H and O–H groups in total. The van der Waals surface area contributed by atoms with Gasteiger partial charge in [0, 0.05) is 65.5 Å². The first-order valence-electron chi connectivity index (χ1n) is 17.7. The molecule has 0 radical (unpaired) electrons. The Balaban J connectivity index is 1.06. The highest BCUT2D eigenvalue weighted by Crippen LogP contribution is 2.44. The highest BCUT2D eigenvalue weighted by molar-refractivity contribution is 7.25. The minimum Gasteiger partial charge on any atom is -0.456 e. The standard InChI is InChI=1S/C47H27N3O2S/c1-4-12-36-31(10-1)46-38(49(36)28-19-21-41-33(25-28)30-9-3-6-16-40(30)51-41)14-7-17-42(46)52-43-18-8-15-39-47(43)32-11-2-5-13-37(32)50(39)29-20-22-44-34(26-29)35-27-48-24-23-45(35)53-44/h1-27H. The lowest BCUT2D eigenvalue weighted by Crippen LogP contribution is -1.94. The van der Waals surface area contributed by atoms with Crippen molar-refractivity contribution in [2.45, 2.75) is 0 Å². The third-order valence-electron chi connectivity index (χ3n) is 10.7. The van der Waals surface area contributed by atoms with Crippen LogP contribution in [0, 0.1) is 0 Å². The number of rotatable bonds is 4. The molecule has 0 aliphatic heterocycles. The topological polar surface area (TPSA) is 45.1 Å². The van der Waals surface area contributed by atoms with Crippen LogP contribution in [0.25, 0.3) is 97.1 Å². The maximum Gasteiger partial charge on any atom is 0.137 e. The molecule has 0 aliphatic carbocycles. The number of hydrogen-bond donors (Lipinski definition) is 0. The molecule has 5 heterocycles. The van der Waals surface area contributed by atoms with Crippen LogP contribution in [0.3, 0.4) is 0 Å². The van der Waals surface area contributed by atoms with Gasteiger partial charge >= 0.3 is 0 Å². The number of furan rings is 1. The largest absolute Gasteiger partial charge is 0.456 e. The number of aromatic nitrogens is 3. The second-order valence-electron chi connectivity index (χ2n) is 13.5. The summed E-state index contributed by atoms with van der Waals surface area (Å²) in [6, 6.07) is 53.5. The zero-order valence-corrected chi connectivity index (χ0v) is 29.0. The van der Waals surface area contributed by atoms with Crippen molar-refractivity contribution in [1.29, 1.82) is 0 Å². The number of fused-ring (bicyclic) bond motifs is 12. The first kappa shape index (κ1) is 28.8. The van der Waals surface area contributed by atoms with Gasteiger partial charge in [0.15, 0.2) is 0 Å². The lowest BCUT2D eigenvalue weighted by atomic mass is 10.1. The van der Waals surface area contributed by atoms with Crippen LogP contribution < -0.4 is 4.74 Å². The van der Waals surface area contributed by atoms with E-state index in [-0.39, 0.29) is 0 Å². The molecular formula is C47H27N3O2S. The van der Waals surface area contributed by atoms with Gasteiger partial charge in [0.05, 0.1) is 32.8 Å². The van der Waals surface area contributed by atoms with Gasteiger partial charge in [-0.25, -0.2) is 0 Å². The molecule has 248 valence electrons. The third-order valence-corrected chi connectivity index (χ3v) is 11.8. The van der Waals surface area contributed by atoms with E-state index in [1.54, 1.807) is 11.3 Å². The lowest BCUT2D eigenvalue weighted by molar-refractivity contribution is 0.495. The first-order valence-corrected chi connectivity index (χ1v) is 18.5. The molecule has 0 aliphatic rings. The Morgan fingerprint density at radius 2 is 1.02 bits per heavy atom. The van der Waals surface area contributed by atoms with E-state index >= 15 is 0 Å². The lowest BCUT2D eigenvalue weighted by Gasteiger charge is -2.12. The van der Waals surface area contributed by atoms with Crippen LogP contribution >= 0.6 is 11.3 Å². The fourth-order valence-corrected chi connectivity index (χ4v) is 9.47. The van der Waals surface area contributed by atoms with Gasteiger partial charge in [-0.2, -0.15) is 0 Å². The number of nitrogens with zero attached hydrogens (tertiary/aromatic N) is 3. The molecule has 12 aromatic rings. The molecule has 0 saturated carbocycles. The summed E-state index contributed by atoms with van der Waals surface area (Å²) in [6.45, 7) is 0. The zero-order chi connectivity index (χ0) is 34.6. The minimum atomic E-state index is 0.815. The SMILES string of the molecule is c1ccc2c(c1)oc1ccc(-n3c4ccccc4c4c(Oc5cccc6c5c5ccccc5n6-c5ccc6sc7ccncc7c6c5)cccc43)cc12. The zero-order valence-electron chi connectivity index (χ0n) is 28.2. The third kappa shape index (κ3) is 4.09. The van der Waals surface area contributed by atoms with Gasteiger partial charge in [0.25, 0.3) is 0 Å². The van der Waals surface area contributed by atoms with Crippen molar-refractivity contribution in [3.05, 3.63) is 164 Å². The Kier molecular flexibility index (Phi) is 5.87. The van der Waals surface area contributed by atoms with E-state index in [2.05, 4.69) is 154 Å². The molecule has 6 heteroatoms. The summed E-state index contributed by atoms with van der Waals surface area (Å²) < 4.78 is 20.5. The van der Waals surface area contributed by atoms with E-state index in [1.807, 2.05) is 24.5 Å². The smallest absolute Gasteiger partial charge is 0.137 e. The van der Waals surface area contributed by atoms with E-state index in [0.29, 0.717) is 0 Å². The number of ether oxygens (including phenoxy) is 1. The molecule has 5 aromatic heterocycles. The van der Waals surface area contributed by atoms with Crippen molar-refractivity contribution < 1.29 is 9.15 Å². The Hall–Kier alpha value is -6.89. The normalized spacial score (nSPS) is 12.2. The molecule has 0 amide bonds. The fourth-order valence-electron chi connectivity index (χ4n) is 8.42. The maximum absolute atomic E-state index is 7.10. The van der Waals surface area contributed by atoms with E-state index < -0.39 is 0 Å². The van der Waals surface area contributed by atoms with Gasteiger partial charge < -0.3 is 18.3 Å². The van der Waals surface area contributed by atoms with Gasteiger partial charge in [0.2, 0.25) is 0 Å². The van der Waals surface area contributed by atoms with E-state index in [1.165, 1.54) is 20.2 Å². The van der Waals surface area contributed by atoms with Crippen molar-refractivity contribution >= 4 is 97.1 Å². The Morgan fingerprint density at radius 3 is 1.74 bits per heavy atom. The maximum atomic E-state index is 7.10. The highest BCUT2D eigenvalue weighted by Gasteiger charge is 2.21. The second kappa shape index (κ2) is 10.8. The van der Waals surface area contributed by atoms with Crippen molar-refractivity contribution in [3.8, 4) is 22.9 Å². The van der Waals surface area contributed by atoms with E-state index in [9.17, 15) is 0 Å². The van der Waals surface area contributed by atoms with Crippen LogP contribution in [-0.4, -0.2) is 14.1 Å². The number of benzene rings is 7. The monoisotopic (exact) mass is 697 g/mol. The van der Waals surface area contributed by atoms with Crippen molar-refractivity contribution in [2.75, 3.05) is 0 Å². The average Bonchev–Trinajstić information content (AvgIpc) is 3.95. The van der Waals surface area contributed by atoms with Crippen LogP contribution in [-0.2, 0) is 0 Å². The number of para-hydroxylation sites is 3. The molecule has 0 spiro atoms. The second-order valence-corrected chi connectivity index (χ2v) is 14.6. The summed E-state index contributed by atoms with van der Waals surface area (Å²) in [6.07, 6.45) is 3.85. The van der Waals surface area contributed by atoms with E-state index in [0.717, 1.165) is 88.4 Å². The summed E-state index contributed by atoms with van der Waals surface area (Å²) in [7, 11) is 0. The van der Waals surface area contributed by atoms with Gasteiger partial charge in [-0.05, 0) is 84.9 Å². The molecule has 5 nitrogen and oxygen atoms in total. The summed E-state index contributed by atoms with van der Waals surface area (Å²) in [4.78, 5) is 4.44. The molecule has 7 aromatic carbocycles. The van der Waals surface area contributed by atoms with Crippen molar-refractivity contribution in [2.24, 2.45) is 0 Å². The van der Waals surface area contributed by atoms with Crippen LogP contribution in [0.4, 0.5) is 0 Å². The number of hydrogen-bond acceptors (Lipinski definition) is 4. The quantitative estimate of drug-likeness (QED) is 0.184.